The van der Waals surface area contributed by atoms with Gasteiger partial charge < -0.3 is 5.32 Å². The van der Waals surface area contributed by atoms with Crippen molar-refractivity contribution in [3.05, 3.63) is 46.4 Å². The van der Waals surface area contributed by atoms with Gasteiger partial charge in [0.15, 0.2) is 5.16 Å². The van der Waals surface area contributed by atoms with Gasteiger partial charge in [0.05, 0.1) is 22.3 Å². The smallest absolute Gasteiger partial charge is 0.262 e. The summed E-state index contributed by atoms with van der Waals surface area (Å²) in [5.41, 5.74) is 1.50. The van der Waals surface area contributed by atoms with Crippen LogP contribution in [0.15, 0.2) is 40.3 Å². The number of anilines is 1. The normalized spacial score (nSPS) is 11.6. The average Bonchev–Trinajstić information content (AvgIpc) is 3.28. The summed E-state index contributed by atoms with van der Waals surface area (Å²) in [5.74, 6) is 1.58. The van der Waals surface area contributed by atoms with Crippen LogP contribution in [0.3, 0.4) is 0 Å². The molecule has 0 spiro atoms. The zero-order valence-corrected chi connectivity index (χ0v) is 18.8. The minimum absolute atomic E-state index is 0.0722. The zero-order chi connectivity index (χ0) is 22.1. The molecule has 0 radical (unpaired) electrons. The molecule has 0 aliphatic rings. The first-order chi connectivity index (χ1) is 14.8. The third kappa shape index (κ3) is 4.20. The summed E-state index contributed by atoms with van der Waals surface area (Å²) in [7, 11) is 1.78. The molecule has 162 valence electrons. The fourth-order valence-corrected chi connectivity index (χ4v) is 4.19. The summed E-state index contributed by atoms with van der Waals surface area (Å²) in [6.07, 6.45) is 0.857. The molecular formula is C21H25N7O2S. The highest BCUT2D eigenvalue weighted by molar-refractivity contribution is 7.99. The molecule has 0 atom stereocenters. The summed E-state index contributed by atoms with van der Waals surface area (Å²) in [6, 6.07) is 9.24. The van der Waals surface area contributed by atoms with Gasteiger partial charge in [0.1, 0.15) is 5.82 Å². The van der Waals surface area contributed by atoms with E-state index in [9.17, 15) is 9.59 Å². The lowest BCUT2D eigenvalue weighted by atomic mass is 10.1. The summed E-state index contributed by atoms with van der Waals surface area (Å²) in [4.78, 5) is 25.6. The Bertz CT molecular complexity index is 1320. The van der Waals surface area contributed by atoms with Crippen molar-refractivity contribution in [3.8, 4) is 0 Å². The van der Waals surface area contributed by atoms with Gasteiger partial charge in [-0.05, 0) is 31.4 Å². The molecule has 1 amide bonds. The number of para-hydroxylation sites is 1. The third-order valence-corrected chi connectivity index (χ3v) is 5.94. The predicted octanol–water partition coefficient (Wildman–Crippen LogP) is 2.86. The highest BCUT2D eigenvalue weighted by Crippen LogP contribution is 2.22. The van der Waals surface area contributed by atoms with E-state index in [-0.39, 0.29) is 17.2 Å². The van der Waals surface area contributed by atoms with Crippen molar-refractivity contribution in [2.45, 2.75) is 38.9 Å². The summed E-state index contributed by atoms with van der Waals surface area (Å²) in [5, 5.41) is 16.9. The topological polar surface area (TPSA) is 99.1 Å². The number of aryl methyl sites for hydroxylation is 3. The molecule has 0 bridgehead atoms. The molecule has 1 N–H and O–H groups in total. The van der Waals surface area contributed by atoms with Gasteiger partial charge in [-0.1, -0.05) is 37.7 Å². The summed E-state index contributed by atoms with van der Waals surface area (Å²) >= 11 is 1.28. The van der Waals surface area contributed by atoms with Gasteiger partial charge in [-0.25, -0.2) is 0 Å². The first-order valence-electron chi connectivity index (χ1n) is 10.1. The Labute approximate surface area is 183 Å². The minimum Gasteiger partial charge on any atom is -0.310 e. The molecule has 0 aliphatic carbocycles. The quantitative estimate of drug-likeness (QED) is 0.445. The Hall–Kier alpha value is -3.14. The number of rotatable bonds is 7. The van der Waals surface area contributed by atoms with Gasteiger partial charge in [0.25, 0.3) is 5.56 Å². The van der Waals surface area contributed by atoms with Gasteiger partial charge >= 0.3 is 0 Å². The Morgan fingerprint density at radius 3 is 2.71 bits per heavy atom. The number of amides is 1. The molecule has 10 heteroatoms. The number of thioether (sulfide) groups is 1. The number of carbonyl (C=O) groups is 1. The largest absolute Gasteiger partial charge is 0.310 e. The van der Waals surface area contributed by atoms with Crippen LogP contribution < -0.4 is 10.9 Å². The molecule has 0 aliphatic heterocycles. The molecule has 4 rings (SSSR count). The number of hydrogen-bond donors (Lipinski definition) is 1. The second-order valence-electron chi connectivity index (χ2n) is 7.91. The number of aromatic nitrogens is 6. The number of nitrogens with one attached hydrogen (secondary N) is 1. The van der Waals surface area contributed by atoms with Crippen LogP contribution in [0, 0.1) is 12.8 Å². The molecule has 1 aromatic carbocycles. The molecule has 0 saturated heterocycles. The monoisotopic (exact) mass is 439 g/mol. The molecule has 31 heavy (non-hydrogen) atoms. The maximum absolute atomic E-state index is 13.1. The standard InChI is InChI=1S/C21H25N7O2S/c1-13(2)9-10-27-19(30)15-7-5-6-8-16(15)28-20(27)23-24-21(28)31-12-18(29)22-17-11-14(3)25-26(17)4/h5-8,11,13H,9-10,12H2,1-4H3,(H,22,29). The van der Waals surface area contributed by atoms with Gasteiger partial charge in [0.2, 0.25) is 11.7 Å². The SMILES string of the molecule is Cc1cc(NC(=O)CSc2nnc3n(CCC(C)C)c(=O)c4ccccc4n23)n(C)n1. The predicted molar refractivity (Wildman–Crippen MR) is 122 cm³/mol. The molecule has 3 heterocycles. The first-order valence-corrected chi connectivity index (χ1v) is 11.1. The van der Waals surface area contributed by atoms with Crippen molar-refractivity contribution in [2.75, 3.05) is 11.1 Å². The first kappa shape index (κ1) is 21.1. The molecule has 4 aromatic rings. The van der Waals surface area contributed by atoms with E-state index in [0.29, 0.717) is 34.6 Å². The van der Waals surface area contributed by atoms with Crippen molar-refractivity contribution >= 4 is 40.2 Å². The van der Waals surface area contributed by atoms with E-state index < -0.39 is 0 Å². The van der Waals surface area contributed by atoms with Crippen LogP contribution in [0.2, 0.25) is 0 Å². The number of nitrogens with zero attached hydrogens (tertiary/aromatic N) is 6. The maximum Gasteiger partial charge on any atom is 0.262 e. The average molecular weight is 440 g/mol. The van der Waals surface area contributed by atoms with Gasteiger partial charge in [-0.3, -0.25) is 23.2 Å². The lowest BCUT2D eigenvalue weighted by molar-refractivity contribution is -0.113. The van der Waals surface area contributed by atoms with Crippen molar-refractivity contribution in [1.29, 1.82) is 0 Å². The van der Waals surface area contributed by atoms with Crippen LogP contribution in [-0.2, 0) is 18.4 Å². The Morgan fingerprint density at radius 1 is 1.23 bits per heavy atom. The summed E-state index contributed by atoms with van der Waals surface area (Å²) in [6.45, 7) is 6.68. The van der Waals surface area contributed by atoms with Crippen molar-refractivity contribution in [1.82, 2.24) is 28.9 Å². The minimum atomic E-state index is -0.165. The Balaban J connectivity index is 1.66. The molecule has 0 fully saturated rings. The number of benzene rings is 1. The maximum atomic E-state index is 13.1. The fraction of sp³-hybridized carbons (Fsp3) is 0.381. The highest BCUT2D eigenvalue weighted by atomic mass is 32.2. The van der Waals surface area contributed by atoms with E-state index in [1.54, 1.807) is 16.3 Å². The second kappa shape index (κ2) is 8.54. The van der Waals surface area contributed by atoms with Crippen molar-refractivity contribution in [3.63, 3.8) is 0 Å². The van der Waals surface area contributed by atoms with E-state index in [4.69, 9.17) is 0 Å². The molecular weight excluding hydrogens is 414 g/mol. The number of fused-ring (bicyclic) bond motifs is 3. The van der Waals surface area contributed by atoms with Crippen LogP contribution in [0.25, 0.3) is 16.7 Å². The second-order valence-corrected chi connectivity index (χ2v) is 8.85. The van der Waals surface area contributed by atoms with Gasteiger partial charge in [0, 0.05) is 19.7 Å². The third-order valence-electron chi connectivity index (χ3n) is 5.01. The van der Waals surface area contributed by atoms with E-state index in [0.717, 1.165) is 17.6 Å². The van der Waals surface area contributed by atoms with Crippen molar-refractivity contribution < 1.29 is 4.79 Å². The molecule has 0 unspecified atom stereocenters. The fourth-order valence-electron chi connectivity index (χ4n) is 3.45. The van der Waals surface area contributed by atoms with Crippen LogP contribution >= 0.6 is 11.8 Å². The molecule has 0 saturated carbocycles. The zero-order valence-electron chi connectivity index (χ0n) is 18.0. The van der Waals surface area contributed by atoms with Gasteiger partial charge in [-0.2, -0.15) is 5.10 Å². The van der Waals surface area contributed by atoms with E-state index in [1.165, 1.54) is 11.8 Å². The van der Waals surface area contributed by atoms with Crippen LogP contribution in [0.4, 0.5) is 5.82 Å². The van der Waals surface area contributed by atoms with E-state index >= 15 is 0 Å². The number of hydrogen-bond acceptors (Lipinski definition) is 6. The lowest BCUT2D eigenvalue weighted by Crippen LogP contribution is -2.24. The highest BCUT2D eigenvalue weighted by Gasteiger charge is 2.18. The van der Waals surface area contributed by atoms with Gasteiger partial charge in [-0.15, -0.1) is 10.2 Å². The van der Waals surface area contributed by atoms with E-state index in [2.05, 4.69) is 34.5 Å². The number of carbonyl (C=O) groups excluding carboxylic acids is 1. The van der Waals surface area contributed by atoms with Crippen LogP contribution in [0.5, 0.6) is 0 Å². The lowest BCUT2D eigenvalue weighted by Gasteiger charge is -2.12. The Morgan fingerprint density at radius 2 is 2.00 bits per heavy atom. The van der Waals surface area contributed by atoms with E-state index in [1.807, 2.05) is 41.7 Å². The van der Waals surface area contributed by atoms with Crippen LogP contribution in [0.1, 0.15) is 26.0 Å². The molecule has 3 aromatic heterocycles. The van der Waals surface area contributed by atoms with Crippen LogP contribution in [-0.4, -0.2) is 40.6 Å². The van der Waals surface area contributed by atoms with Crippen molar-refractivity contribution in [2.24, 2.45) is 13.0 Å². The Kier molecular flexibility index (Phi) is 5.81. The summed E-state index contributed by atoms with van der Waals surface area (Å²) < 4.78 is 5.17. The molecule has 9 nitrogen and oxygen atoms in total.